The maximum atomic E-state index is 10.2. The molecule has 9 heavy (non-hydrogen) atoms. The van der Waals surface area contributed by atoms with Gasteiger partial charge in [-0.3, -0.25) is 4.79 Å². The summed E-state index contributed by atoms with van der Waals surface area (Å²) in [6.45, 7) is 0. The summed E-state index contributed by atoms with van der Waals surface area (Å²) in [5.74, 6) is 0. The first kappa shape index (κ1) is 10.1. The molecular weight excluding hydrogens is 229 g/mol. The Morgan fingerprint density at radius 2 is 1.67 bits per heavy atom. The van der Waals surface area contributed by atoms with E-state index in [2.05, 4.69) is 0 Å². The number of carbonyl (C=O) groups excluding carboxylic acids is 1. The molecule has 0 rings (SSSR count). The summed E-state index contributed by atoms with van der Waals surface area (Å²) < 4.78 is -1.90. The summed E-state index contributed by atoms with van der Waals surface area (Å²) in [7, 11) is 0. The smallest absolute Gasteiger partial charge is 0.260 e. The lowest BCUT2D eigenvalue weighted by Gasteiger charge is -2.13. The van der Waals surface area contributed by atoms with Crippen LogP contribution in [0.15, 0.2) is 0 Å². The van der Waals surface area contributed by atoms with Crippen molar-refractivity contribution < 1.29 is 4.79 Å². The Hall–Kier alpha value is 1.12. The van der Waals surface area contributed by atoms with Crippen molar-refractivity contribution in [3.63, 3.8) is 0 Å². The normalized spacial score (nSPS) is 12.2. The first-order valence-electron chi connectivity index (χ1n) is 1.75. The van der Waals surface area contributed by atoms with Crippen molar-refractivity contribution in [1.29, 1.82) is 0 Å². The molecule has 0 fully saturated rings. The lowest BCUT2D eigenvalue weighted by Crippen LogP contribution is -2.28. The van der Waals surface area contributed by atoms with Gasteiger partial charge in [0.05, 0.1) is 0 Å². The first-order valence-corrected chi connectivity index (χ1v) is 3.75. The molecule has 1 nitrogen and oxygen atoms in total. The van der Waals surface area contributed by atoms with Crippen molar-refractivity contribution in [1.82, 2.24) is 0 Å². The van der Waals surface area contributed by atoms with Crippen molar-refractivity contribution in [2.45, 2.75) is 9.17 Å². The van der Waals surface area contributed by atoms with E-state index in [4.69, 9.17) is 58.0 Å². The van der Waals surface area contributed by atoms with E-state index in [1.165, 1.54) is 0 Å². The predicted octanol–water partition coefficient (Wildman–Crippen LogP) is 2.73. The molecule has 0 saturated heterocycles. The van der Waals surface area contributed by atoms with Crippen LogP contribution in [-0.4, -0.2) is 14.4 Å². The van der Waals surface area contributed by atoms with Gasteiger partial charge in [0.2, 0.25) is 4.33 Å². The molecule has 6 heteroatoms. The van der Waals surface area contributed by atoms with Gasteiger partial charge in [-0.05, 0) is 11.6 Å². The second kappa shape index (κ2) is 3.49. The van der Waals surface area contributed by atoms with Gasteiger partial charge in [0.15, 0.2) is 0 Å². The average Bonchev–Trinajstić information content (AvgIpc) is 1.65. The summed E-state index contributed by atoms with van der Waals surface area (Å²) in [5, 5.41) is -0.985. The molecule has 0 saturated carbocycles. The quantitative estimate of drug-likeness (QED) is 0.526. The van der Waals surface area contributed by atoms with Gasteiger partial charge in [0.1, 0.15) is 4.84 Å². The minimum Gasteiger partial charge on any atom is -0.278 e. The number of carbonyl (C=O) groups is 1. The molecule has 0 amide bonds. The topological polar surface area (TPSA) is 17.1 Å². The fourth-order valence-corrected chi connectivity index (χ4v) is 0.505. The summed E-state index contributed by atoms with van der Waals surface area (Å²) >= 11 is 25.7. The second-order valence-corrected chi connectivity index (χ2v) is 4.02. The monoisotopic (exact) mass is 228 g/mol. The van der Waals surface area contributed by atoms with Crippen molar-refractivity contribution in [2.24, 2.45) is 0 Å². The lowest BCUT2D eigenvalue weighted by molar-refractivity contribution is -0.112. The van der Waals surface area contributed by atoms with Crippen LogP contribution >= 0.6 is 58.0 Å². The molecule has 0 atom stereocenters. The number of rotatable bonds is 2. The minimum absolute atomic E-state index is 0.985. The maximum absolute atomic E-state index is 10.2. The number of hydrogen-bond acceptors (Lipinski definition) is 1. The highest BCUT2D eigenvalue weighted by Crippen LogP contribution is 2.33. The largest absolute Gasteiger partial charge is 0.278 e. The van der Waals surface area contributed by atoms with Crippen LogP contribution < -0.4 is 0 Å². The van der Waals surface area contributed by atoms with Crippen molar-refractivity contribution in [2.75, 3.05) is 0 Å². The number of hydrogen-bond donors (Lipinski definition) is 0. The predicted molar refractivity (Wildman–Crippen MR) is 40.8 cm³/mol. The molecule has 0 radical (unpaired) electrons. The van der Waals surface area contributed by atoms with E-state index >= 15 is 0 Å². The van der Waals surface area contributed by atoms with Crippen LogP contribution in [0.25, 0.3) is 0 Å². The van der Waals surface area contributed by atoms with E-state index in [1.54, 1.807) is 0 Å². The Bertz CT molecular complexity index is 119. The summed E-state index contributed by atoms with van der Waals surface area (Å²) in [5.41, 5.74) is 0. The van der Waals surface area contributed by atoms with Crippen LogP contribution in [0, 0.1) is 0 Å². The second-order valence-electron chi connectivity index (χ2n) is 1.20. The van der Waals surface area contributed by atoms with Crippen molar-refractivity contribution >= 4 is 63.2 Å². The van der Waals surface area contributed by atoms with Crippen molar-refractivity contribution in [3.05, 3.63) is 0 Å². The molecule has 0 spiro atoms. The lowest BCUT2D eigenvalue weighted by atomic mass is 10.5. The van der Waals surface area contributed by atoms with Gasteiger partial charge in [-0.2, -0.15) is 0 Å². The first-order chi connectivity index (χ1) is 3.89. The SMILES string of the molecule is O=C(Cl)C(Cl)(Cl)C(Cl)Cl. The third kappa shape index (κ3) is 2.69. The number of halogens is 5. The molecule has 0 N–H and O–H groups in total. The van der Waals surface area contributed by atoms with Crippen LogP contribution in [0.1, 0.15) is 0 Å². The van der Waals surface area contributed by atoms with Gasteiger partial charge in [-0.1, -0.05) is 23.2 Å². The van der Waals surface area contributed by atoms with E-state index in [1.807, 2.05) is 0 Å². The van der Waals surface area contributed by atoms with E-state index in [9.17, 15) is 4.79 Å². The zero-order chi connectivity index (χ0) is 7.65. The van der Waals surface area contributed by atoms with E-state index in [-0.39, 0.29) is 0 Å². The Morgan fingerprint density at radius 1 is 1.33 bits per heavy atom. The molecule has 0 heterocycles. The maximum Gasteiger partial charge on any atom is 0.260 e. The van der Waals surface area contributed by atoms with Gasteiger partial charge >= 0.3 is 0 Å². The third-order valence-corrected chi connectivity index (χ3v) is 2.91. The Kier molecular flexibility index (Phi) is 3.93. The average molecular weight is 230 g/mol. The highest BCUT2D eigenvalue weighted by atomic mass is 35.5. The third-order valence-electron chi connectivity index (χ3n) is 0.536. The van der Waals surface area contributed by atoms with Gasteiger partial charge in [-0.25, -0.2) is 0 Å². The molecule has 0 bridgehead atoms. The van der Waals surface area contributed by atoms with E-state index < -0.39 is 14.4 Å². The molecule has 0 aromatic carbocycles. The van der Waals surface area contributed by atoms with Crippen LogP contribution in [0.5, 0.6) is 0 Å². The highest BCUT2D eigenvalue weighted by molar-refractivity contribution is 6.81. The van der Waals surface area contributed by atoms with Gasteiger partial charge in [0, 0.05) is 0 Å². The van der Waals surface area contributed by atoms with Gasteiger partial charge in [0.25, 0.3) is 5.24 Å². The summed E-state index contributed by atoms with van der Waals surface area (Å²) in [6, 6.07) is 0. The molecule has 0 aliphatic rings. The van der Waals surface area contributed by atoms with Crippen molar-refractivity contribution in [3.8, 4) is 0 Å². The molecule has 0 aromatic rings. The summed E-state index contributed by atoms with van der Waals surface area (Å²) in [6.07, 6.45) is 0. The van der Waals surface area contributed by atoms with Crippen LogP contribution in [0.4, 0.5) is 0 Å². The van der Waals surface area contributed by atoms with E-state index in [0.29, 0.717) is 0 Å². The van der Waals surface area contributed by atoms with Crippen LogP contribution in [0.2, 0.25) is 0 Å². The highest BCUT2D eigenvalue weighted by Gasteiger charge is 2.39. The number of alkyl halides is 4. The molecule has 54 valence electrons. The molecule has 0 aliphatic heterocycles. The molecule has 0 unspecified atom stereocenters. The van der Waals surface area contributed by atoms with Gasteiger partial charge in [-0.15, -0.1) is 23.2 Å². The molecule has 0 aliphatic carbocycles. The van der Waals surface area contributed by atoms with E-state index in [0.717, 1.165) is 0 Å². The van der Waals surface area contributed by atoms with Crippen LogP contribution in [-0.2, 0) is 4.79 Å². The molecular formula is C3HCl5O. The minimum atomic E-state index is -1.90. The summed E-state index contributed by atoms with van der Waals surface area (Å²) in [4.78, 5) is 9.02. The zero-order valence-electron chi connectivity index (χ0n) is 3.88. The zero-order valence-corrected chi connectivity index (χ0v) is 7.66. The van der Waals surface area contributed by atoms with Crippen LogP contribution in [0.3, 0.4) is 0 Å². The van der Waals surface area contributed by atoms with Gasteiger partial charge < -0.3 is 0 Å². The Morgan fingerprint density at radius 3 is 1.67 bits per heavy atom. The fraction of sp³-hybridized carbons (Fsp3) is 0.667. The fourth-order valence-electron chi connectivity index (χ4n) is 0.0858. The Balaban J connectivity index is 4.19. The standard InChI is InChI=1S/C3HCl5O/c4-1(5)3(7,8)2(6)9/h1H. The molecule has 0 aromatic heterocycles. The Labute approximate surface area is 77.1 Å².